The van der Waals surface area contributed by atoms with E-state index < -0.39 is 10.9 Å². The minimum atomic E-state index is -1.49. The molecule has 0 bridgehead atoms. The molecule has 0 aliphatic carbocycles. The van der Waals surface area contributed by atoms with Crippen molar-refractivity contribution in [3.05, 3.63) is 68.7 Å². The van der Waals surface area contributed by atoms with Crippen LogP contribution in [0.25, 0.3) is 0 Å². The highest BCUT2D eigenvalue weighted by Gasteiger charge is 2.11. The number of non-ortho nitro benzene ring substituents is 1. The Morgan fingerprint density at radius 2 is 1.95 bits per heavy atom. The molecule has 0 saturated carbocycles. The molecule has 2 aromatic rings. The van der Waals surface area contributed by atoms with Crippen molar-refractivity contribution in [2.75, 3.05) is 5.32 Å². The molecular weight excluding hydrogens is 296 g/mol. The van der Waals surface area contributed by atoms with Gasteiger partial charge >= 0.3 is 0 Å². The van der Waals surface area contributed by atoms with E-state index in [0.717, 1.165) is 11.6 Å². The second-order valence-corrected chi connectivity index (χ2v) is 4.63. The lowest BCUT2D eigenvalue weighted by Gasteiger charge is -2.13. The van der Waals surface area contributed by atoms with Gasteiger partial charge < -0.3 is 15.2 Å². The van der Waals surface area contributed by atoms with Crippen molar-refractivity contribution in [1.82, 2.24) is 0 Å². The number of hydrogen-bond acceptors (Lipinski definition) is 5. The van der Waals surface area contributed by atoms with E-state index in [1.54, 1.807) is 24.3 Å². The molecular formula is C14H10ClN2O4-. The van der Waals surface area contributed by atoms with Gasteiger partial charge in [0.2, 0.25) is 0 Å². The number of benzene rings is 2. The first-order valence-corrected chi connectivity index (χ1v) is 6.34. The Balaban J connectivity index is 2.26. The summed E-state index contributed by atoms with van der Waals surface area (Å²) in [5, 5.41) is 25.2. The largest absolute Gasteiger partial charge is 0.545 e. The zero-order valence-electron chi connectivity index (χ0n) is 10.7. The molecule has 0 radical (unpaired) electrons. The number of nitrogens with one attached hydrogen (secondary N) is 1. The number of anilines is 1. The van der Waals surface area contributed by atoms with Gasteiger partial charge in [0, 0.05) is 35.0 Å². The number of nitro benzene ring substituents is 1. The monoisotopic (exact) mass is 305 g/mol. The third kappa shape index (κ3) is 3.49. The highest BCUT2D eigenvalue weighted by atomic mass is 35.5. The van der Waals surface area contributed by atoms with Gasteiger partial charge in [-0.25, -0.2) is 0 Å². The highest BCUT2D eigenvalue weighted by molar-refractivity contribution is 6.31. The van der Waals surface area contributed by atoms with Crippen LogP contribution in [-0.2, 0) is 6.54 Å². The summed E-state index contributed by atoms with van der Waals surface area (Å²) >= 11 is 6.00. The maximum atomic E-state index is 11.1. The number of nitrogens with zero attached hydrogens (tertiary/aromatic N) is 1. The maximum absolute atomic E-state index is 11.1. The SMILES string of the molecule is O=C([O-])c1cc([N+](=O)[O-])ccc1NCc1ccccc1Cl. The second kappa shape index (κ2) is 6.23. The summed E-state index contributed by atoms with van der Waals surface area (Å²) in [5.41, 5.74) is 0.441. The van der Waals surface area contributed by atoms with Crippen LogP contribution in [0.5, 0.6) is 0 Å². The number of hydrogen-bond donors (Lipinski definition) is 1. The Morgan fingerprint density at radius 3 is 2.57 bits per heavy atom. The maximum Gasteiger partial charge on any atom is 0.270 e. The standard InChI is InChI=1S/C14H11ClN2O4/c15-12-4-2-1-3-9(12)8-16-13-6-5-10(17(20)21)7-11(13)14(18)19/h1-7,16H,8H2,(H,18,19)/p-1. The molecule has 0 amide bonds. The Kier molecular flexibility index (Phi) is 4.39. The Morgan fingerprint density at radius 1 is 1.24 bits per heavy atom. The molecule has 0 aliphatic rings. The van der Waals surface area contributed by atoms with Gasteiger partial charge in [-0.2, -0.15) is 0 Å². The van der Waals surface area contributed by atoms with Gasteiger partial charge in [0.25, 0.3) is 5.69 Å². The number of rotatable bonds is 5. The molecule has 0 heterocycles. The average molecular weight is 306 g/mol. The van der Waals surface area contributed by atoms with Crippen LogP contribution in [0, 0.1) is 10.1 Å². The summed E-state index contributed by atoms with van der Waals surface area (Å²) in [6.45, 7) is 0.289. The predicted molar refractivity (Wildman–Crippen MR) is 76.2 cm³/mol. The summed E-state index contributed by atoms with van der Waals surface area (Å²) in [5.74, 6) is -1.49. The quantitative estimate of drug-likeness (QED) is 0.675. The molecule has 0 atom stereocenters. The summed E-state index contributed by atoms with van der Waals surface area (Å²) in [4.78, 5) is 21.1. The minimum Gasteiger partial charge on any atom is -0.545 e. The first-order valence-electron chi connectivity index (χ1n) is 5.96. The number of halogens is 1. The summed E-state index contributed by atoms with van der Waals surface area (Å²) in [7, 11) is 0. The van der Waals surface area contributed by atoms with Crippen LogP contribution in [0.3, 0.4) is 0 Å². The van der Waals surface area contributed by atoms with Crippen molar-refractivity contribution in [3.63, 3.8) is 0 Å². The molecule has 0 aromatic heterocycles. The van der Waals surface area contributed by atoms with E-state index in [-0.39, 0.29) is 23.5 Å². The van der Waals surface area contributed by atoms with Gasteiger partial charge in [-0.1, -0.05) is 29.8 Å². The smallest absolute Gasteiger partial charge is 0.270 e. The van der Waals surface area contributed by atoms with Crippen LogP contribution in [0.2, 0.25) is 5.02 Å². The number of carboxylic acids is 1. The van der Waals surface area contributed by atoms with E-state index in [0.29, 0.717) is 5.02 Å². The third-order valence-electron chi connectivity index (χ3n) is 2.86. The molecule has 0 saturated heterocycles. The molecule has 0 aliphatic heterocycles. The number of nitro groups is 1. The number of carbonyl (C=O) groups is 1. The molecule has 2 rings (SSSR count). The Hall–Kier alpha value is -2.60. The van der Waals surface area contributed by atoms with E-state index in [9.17, 15) is 20.0 Å². The minimum absolute atomic E-state index is 0.237. The molecule has 108 valence electrons. The molecule has 0 spiro atoms. The van der Waals surface area contributed by atoms with Crippen molar-refractivity contribution >= 4 is 28.9 Å². The fourth-order valence-electron chi connectivity index (χ4n) is 1.80. The van der Waals surface area contributed by atoms with E-state index in [2.05, 4.69) is 5.32 Å². The lowest BCUT2D eigenvalue weighted by molar-refractivity contribution is -0.385. The predicted octanol–water partition coefficient (Wildman–Crippen LogP) is 2.22. The molecule has 7 heteroatoms. The van der Waals surface area contributed by atoms with E-state index in [4.69, 9.17) is 11.6 Å². The van der Waals surface area contributed by atoms with Gasteiger partial charge in [-0.3, -0.25) is 10.1 Å². The van der Waals surface area contributed by atoms with E-state index in [1.165, 1.54) is 12.1 Å². The van der Waals surface area contributed by atoms with Crippen LogP contribution in [-0.4, -0.2) is 10.9 Å². The first kappa shape index (κ1) is 14.8. The average Bonchev–Trinajstić information content (AvgIpc) is 2.46. The molecule has 21 heavy (non-hydrogen) atoms. The van der Waals surface area contributed by atoms with E-state index in [1.807, 2.05) is 0 Å². The lowest BCUT2D eigenvalue weighted by Crippen LogP contribution is -2.23. The topological polar surface area (TPSA) is 95.3 Å². The Labute approximate surface area is 125 Å². The van der Waals surface area contributed by atoms with E-state index >= 15 is 0 Å². The summed E-state index contributed by atoms with van der Waals surface area (Å²) < 4.78 is 0. The van der Waals surface area contributed by atoms with Crippen molar-refractivity contribution in [2.24, 2.45) is 0 Å². The summed E-state index contributed by atoms with van der Waals surface area (Å²) in [6.07, 6.45) is 0. The zero-order valence-corrected chi connectivity index (χ0v) is 11.5. The van der Waals surface area contributed by atoms with Gasteiger partial charge in [0.15, 0.2) is 0 Å². The number of carboxylic acid groups (broad SMARTS) is 1. The van der Waals surface area contributed by atoms with Crippen LogP contribution < -0.4 is 10.4 Å². The van der Waals surface area contributed by atoms with Crippen molar-refractivity contribution < 1.29 is 14.8 Å². The van der Waals surface area contributed by atoms with Crippen LogP contribution in [0.1, 0.15) is 15.9 Å². The normalized spacial score (nSPS) is 10.1. The molecule has 1 N–H and O–H groups in total. The Bertz CT molecular complexity index is 703. The van der Waals surface area contributed by atoms with Crippen molar-refractivity contribution in [1.29, 1.82) is 0 Å². The second-order valence-electron chi connectivity index (χ2n) is 4.22. The van der Waals surface area contributed by atoms with Crippen LogP contribution >= 0.6 is 11.6 Å². The highest BCUT2D eigenvalue weighted by Crippen LogP contribution is 2.23. The number of carbonyl (C=O) groups excluding carboxylic acids is 1. The van der Waals surface area contributed by atoms with Crippen molar-refractivity contribution in [2.45, 2.75) is 6.54 Å². The van der Waals surface area contributed by atoms with Gasteiger partial charge in [-0.15, -0.1) is 0 Å². The summed E-state index contributed by atoms with van der Waals surface area (Å²) in [6, 6.07) is 10.6. The fourth-order valence-corrected chi connectivity index (χ4v) is 2.00. The fraction of sp³-hybridized carbons (Fsp3) is 0.0714. The molecule has 0 unspecified atom stereocenters. The lowest BCUT2D eigenvalue weighted by atomic mass is 10.1. The third-order valence-corrected chi connectivity index (χ3v) is 3.23. The van der Waals surface area contributed by atoms with Crippen LogP contribution in [0.4, 0.5) is 11.4 Å². The molecule has 6 nitrogen and oxygen atoms in total. The first-order chi connectivity index (χ1) is 9.99. The number of aromatic carboxylic acids is 1. The molecule has 0 fully saturated rings. The van der Waals surface area contributed by atoms with Gasteiger partial charge in [-0.05, 0) is 17.7 Å². The van der Waals surface area contributed by atoms with Crippen LogP contribution in [0.15, 0.2) is 42.5 Å². The van der Waals surface area contributed by atoms with Crippen molar-refractivity contribution in [3.8, 4) is 0 Å². The zero-order chi connectivity index (χ0) is 15.4. The van der Waals surface area contributed by atoms with Gasteiger partial charge in [0.1, 0.15) is 0 Å². The van der Waals surface area contributed by atoms with Gasteiger partial charge in [0.05, 0.1) is 10.9 Å². The molecule has 2 aromatic carbocycles.